The summed E-state index contributed by atoms with van der Waals surface area (Å²) in [6.45, 7) is 4.82. The van der Waals surface area contributed by atoms with Gasteiger partial charge in [0, 0.05) is 19.2 Å². The van der Waals surface area contributed by atoms with Crippen LogP contribution < -0.4 is 0 Å². The van der Waals surface area contributed by atoms with Crippen LogP contribution in [0.3, 0.4) is 0 Å². The van der Waals surface area contributed by atoms with Crippen molar-refractivity contribution >= 4 is 39.2 Å². The van der Waals surface area contributed by atoms with Gasteiger partial charge in [-0.2, -0.15) is 0 Å². The Morgan fingerprint density at radius 2 is 1.87 bits per heavy atom. The van der Waals surface area contributed by atoms with Gasteiger partial charge in [0.25, 0.3) is 0 Å². The lowest BCUT2D eigenvalue weighted by Gasteiger charge is -2.23. The maximum absolute atomic E-state index is 12.8. The molecule has 1 atom stereocenters. The number of thioether (sulfide) groups is 1. The number of fused-ring (bicyclic) bond motifs is 1. The molecule has 0 saturated heterocycles. The number of hydrogen-bond acceptors (Lipinski definition) is 6. The van der Waals surface area contributed by atoms with Crippen molar-refractivity contribution in [3.8, 4) is 11.4 Å². The van der Waals surface area contributed by atoms with Gasteiger partial charge in [0.2, 0.25) is 5.91 Å². The molecule has 8 heteroatoms. The molecule has 2 heterocycles. The molecule has 4 rings (SSSR count). The van der Waals surface area contributed by atoms with E-state index in [1.165, 1.54) is 11.8 Å². The fourth-order valence-electron chi connectivity index (χ4n) is 3.16. The normalized spacial score (nSPS) is 12.2. The van der Waals surface area contributed by atoms with Gasteiger partial charge in [-0.25, -0.2) is 4.98 Å². The number of carbonyl (C=O) groups is 1. The van der Waals surface area contributed by atoms with Gasteiger partial charge >= 0.3 is 0 Å². The number of carbonyl (C=O) groups excluding carboxylic acids is 1. The molecule has 1 unspecified atom stereocenters. The lowest BCUT2D eigenvalue weighted by atomic mass is 10.2. The largest absolute Gasteiger partial charge is 0.336 e. The average molecular weight is 438 g/mol. The van der Waals surface area contributed by atoms with E-state index in [2.05, 4.69) is 23.2 Å². The number of thiazole rings is 1. The standard InChI is InChI=1S/C22H23N5OS2/c1-4-27-20(16-10-6-5-7-11-16)24-25-22(27)29-14-19(28)26(3)15(2)21-23-17-12-8-9-13-18(17)30-21/h5-13,15H,4,14H2,1-3H3. The molecule has 0 aliphatic rings. The smallest absolute Gasteiger partial charge is 0.233 e. The summed E-state index contributed by atoms with van der Waals surface area (Å²) < 4.78 is 3.18. The zero-order chi connectivity index (χ0) is 21.1. The number of amides is 1. The molecule has 2 aromatic heterocycles. The summed E-state index contributed by atoms with van der Waals surface area (Å²) >= 11 is 3.06. The molecular formula is C22H23N5OS2. The first-order valence-electron chi connectivity index (χ1n) is 9.81. The van der Waals surface area contributed by atoms with E-state index in [1.54, 1.807) is 16.2 Å². The van der Waals surface area contributed by atoms with Crippen molar-refractivity contribution in [2.75, 3.05) is 12.8 Å². The molecular weight excluding hydrogens is 414 g/mol. The topological polar surface area (TPSA) is 63.9 Å². The van der Waals surface area contributed by atoms with Crippen LogP contribution in [0, 0.1) is 0 Å². The second kappa shape index (κ2) is 8.97. The van der Waals surface area contributed by atoms with E-state index in [-0.39, 0.29) is 11.9 Å². The molecule has 0 N–H and O–H groups in total. The first-order chi connectivity index (χ1) is 14.6. The Bertz CT molecular complexity index is 1120. The Labute approximate surface area is 184 Å². The summed E-state index contributed by atoms with van der Waals surface area (Å²) in [7, 11) is 1.83. The summed E-state index contributed by atoms with van der Waals surface area (Å²) in [5, 5.41) is 10.4. The van der Waals surface area contributed by atoms with Crippen LogP contribution in [-0.4, -0.2) is 43.4 Å². The monoisotopic (exact) mass is 437 g/mol. The molecule has 154 valence electrons. The fourth-order valence-corrected chi connectivity index (χ4v) is 5.15. The number of aromatic nitrogens is 4. The second-order valence-electron chi connectivity index (χ2n) is 6.91. The lowest BCUT2D eigenvalue weighted by Crippen LogP contribution is -2.31. The van der Waals surface area contributed by atoms with Crippen LogP contribution in [0.1, 0.15) is 24.9 Å². The van der Waals surface area contributed by atoms with E-state index in [9.17, 15) is 4.79 Å². The Balaban J connectivity index is 1.44. The van der Waals surface area contributed by atoms with E-state index in [0.717, 1.165) is 38.3 Å². The zero-order valence-corrected chi connectivity index (χ0v) is 18.8. The van der Waals surface area contributed by atoms with E-state index < -0.39 is 0 Å². The highest BCUT2D eigenvalue weighted by atomic mass is 32.2. The van der Waals surface area contributed by atoms with Crippen molar-refractivity contribution in [1.82, 2.24) is 24.6 Å². The number of hydrogen-bond donors (Lipinski definition) is 0. The third-order valence-electron chi connectivity index (χ3n) is 5.03. The van der Waals surface area contributed by atoms with Crippen LogP contribution in [0.15, 0.2) is 59.8 Å². The average Bonchev–Trinajstić information content (AvgIpc) is 3.40. The summed E-state index contributed by atoms with van der Waals surface area (Å²) in [5.74, 6) is 1.17. The summed E-state index contributed by atoms with van der Waals surface area (Å²) in [4.78, 5) is 19.3. The minimum absolute atomic E-state index is 0.0404. The van der Waals surface area contributed by atoms with Crippen molar-refractivity contribution < 1.29 is 4.79 Å². The van der Waals surface area contributed by atoms with Crippen LogP contribution in [0.5, 0.6) is 0 Å². The molecule has 0 aliphatic heterocycles. The van der Waals surface area contributed by atoms with Crippen LogP contribution in [0.4, 0.5) is 0 Å². The molecule has 2 aromatic carbocycles. The molecule has 0 spiro atoms. The number of benzene rings is 2. The second-order valence-corrected chi connectivity index (χ2v) is 8.91. The number of nitrogens with zero attached hydrogens (tertiary/aromatic N) is 5. The van der Waals surface area contributed by atoms with Gasteiger partial charge in [-0.15, -0.1) is 21.5 Å². The van der Waals surface area contributed by atoms with Gasteiger partial charge in [-0.3, -0.25) is 4.79 Å². The third kappa shape index (κ3) is 4.11. The fraction of sp³-hybridized carbons (Fsp3) is 0.273. The van der Waals surface area contributed by atoms with E-state index >= 15 is 0 Å². The van der Waals surface area contributed by atoms with Crippen molar-refractivity contribution in [3.63, 3.8) is 0 Å². The maximum atomic E-state index is 12.8. The van der Waals surface area contributed by atoms with Gasteiger partial charge < -0.3 is 9.47 Å². The maximum Gasteiger partial charge on any atom is 0.233 e. The minimum Gasteiger partial charge on any atom is -0.336 e. The lowest BCUT2D eigenvalue weighted by molar-refractivity contribution is -0.128. The highest BCUT2D eigenvalue weighted by Crippen LogP contribution is 2.30. The minimum atomic E-state index is -0.0839. The predicted molar refractivity (Wildman–Crippen MR) is 123 cm³/mol. The van der Waals surface area contributed by atoms with Crippen LogP contribution in [0.2, 0.25) is 0 Å². The van der Waals surface area contributed by atoms with Gasteiger partial charge in [0.15, 0.2) is 11.0 Å². The third-order valence-corrected chi connectivity index (χ3v) is 7.19. The molecule has 1 amide bonds. The molecule has 0 bridgehead atoms. The summed E-state index contributed by atoms with van der Waals surface area (Å²) in [5.41, 5.74) is 2.00. The molecule has 4 aromatic rings. The van der Waals surface area contributed by atoms with Crippen molar-refractivity contribution in [1.29, 1.82) is 0 Å². The van der Waals surface area contributed by atoms with E-state index in [0.29, 0.717) is 5.75 Å². The van der Waals surface area contributed by atoms with Crippen LogP contribution in [0.25, 0.3) is 21.6 Å². The van der Waals surface area contributed by atoms with Crippen LogP contribution >= 0.6 is 23.1 Å². The van der Waals surface area contributed by atoms with Gasteiger partial charge in [-0.05, 0) is 26.0 Å². The highest BCUT2D eigenvalue weighted by Gasteiger charge is 2.22. The number of rotatable bonds is 7. The Hall–Kier alpha value is -2.71. The Kier molecular flexibility index (Phi) is 6.15. The Morgan fingerprint density at radius 1 is 1.13 bits per heavy atom. The van der Waals surface area contributed by atoms with Gasteiger partial charge in [-0.1, -0.05) is 54.2 Å². The molecule has 6 nitrogen and oxygen atoms in total. The zero-order valence-electron chi connectivity index (χ0n) is 17.1. The highest BCUT2D eigenvalue weighted by molar-refractivity contribution is 7.99. The molecule has 30 heavy (non-hydrogen) atoms. The first-order valence-corrected chi connectivity index (χ1v) is 11.6. The Morgan fingerprint density at radius 3 is 2.60 bits per heavy atom. The van der Waals surface area contributed by atoms with Gasteiger partial charge in [0.05, 0.1) is 22.0 Å². The molecule has 0 fully saturated rings. The van der Waals surface area contributed by atoms with Crippen molar-refractivity contribution in [3.05, 3.63) is 59.6 Å². The predicted octanol–water partition coefficient (Wildman–Crippen LogP) is 4.89. The van der Waals surface area contributed by atoms with Crippen molar-refractivity contribution in [2.24, 2.45) is 0 Å². The SMILES string of the molecule is CCn1c(SCC(=O)N(C)C(C)c2nc3ccccc3s2)nnc1-c1ccccc1. The first kappa shape index (κ1) is 20.6. The van der Waals surface area contributed by atoms with Crippen LogP contribution in [-0.2, 0) is 11.3 Å². The summed E-state index contributed by atoms with van der Waals surface area (Å²) in [6.07, 6.45) is 0. The van der Waals surface area contributed by atoms with Gasteiger partial charge in [0.1, 0.15) is 5.01 Å². The van der Waals surface area contributed by atoms with E-state index in [1.807, 2.05) is 67.1 Å². The molecule has 0 aliphatic carbocycles. The molecule has 0 saturated carbocycles. The summed E-state index contributed by atoms with van der Waals surface area (Å²) in [6, 6.07) is 17.9. The van der Waals surface area contributed by atoms with E-state index in [4.69, 9.17) is 4.98 Å². The molecule has 0 radical (unpaired) electrons. The quantitative estimate of drug-likeness (QED) is 0.385. The van der Waals surface area contributed by atoms with Crippen molar-refractivity contribution in [2.45, 2.75) is 31.6 Å². The number of para-hydroxylation sites is 1.